The standard InChI is InChI=1S/C21H23N3O5S2/c1-29-18-16(13-31-20(18)24(27)28)19(26)23-10-7-21(14-23)5-8-22(9-6-21)17(25)3-2-15-4-11-30-12-15/h2-4,11-13H,5-10,14H2,1H3/b3-2+. The highest BCUT2D eigenvalue weighted by Crippen LogP contribution is 2.43. The van der Waals surface area contributed by atoms with Gasteiger partial charge in [0.2, 0.25) is 11.7 Å². The topological polar surface area (TPSA) is 93.0 Å². The fraction of sp³-hybridized carbons (Fsp3) is 0.429. The van der Waals surface area contributed by atoms with E-state index in [4.69, 9.17) is 4.74 Å². The van der Waals surface area contributed by atoms with Gasteiger partial charge in [0.25, 0.3) is 5.91 Å². The highest BCUT2D eigenvalue weighted by Gasteiger charge is 2.43. The Morgan fingerprint density at radius 3 is 2.52 bits per heavy atom. The molecule has 2 aromatic heterocycles. The number of hydrogen-bond donors (Lipinski definition) is 0. The fourth-order valence-corrected chi connectivity index (χ4v) is 5.79. The minimum absolute atomic E-state index is 0.00129. The summed E-state index contributed by atoms with van der Waals surface area (Å²) in [6, 6.07) is 1.97. The summed E-state index contributed by atoms with van der Waals surface area (Å²) in [4.78, 5) is 39.8. The number of hydrogen-bond acceptors (Lipinski definition) is 7. The number of rotatable bonds is 5. The minimum atomic E-state index is -0.523. The van der Waals surface area contributed by atoms with Crippen molar-refractivity contribution in [3.63, 3.8) is 0 Å². The molecule has 10 heteroatoms. The van der Waals surface area contributed by atoms with Crippen LogP contribution in [0.5, 0.6) is 5.75 Å². The van der Waals surface area contributed by atoms with Crippen LogP contribution in [0.4, 0.5) is 5.00 Å². The molecule has 0 N–H and O–H groups in total. The van der Waals surface area contributed by atoms with E-state index in [0.29, 0.717) is 26.2 Å². The molecule has 164 valence electrons. The molecule has 4 heterocycles. The zero-order chi connectivity index (χ0) is 22.0. The maximum Gasteiger partial charge on any atom is 0.366 e. The number of carbonyl (C=O) groups excluding carboxylic acids is 2. The van der Waals surface area contributed by atoms with Gasteiger partial charge in [0.15, 0.2) is 0 Å². The Morgan fingerprint density at radius 2 is 1.90 bits per heavy atom. The first-order chi connectivity index (χ1) is 14.9. The van der Waals surface area contributed by atoms with Crippen LogP contribution >= 0.6 is 22.7 Å². The van der Waals surface area contributed by atoms with E-state index >= 15 is 0 Å². The van der Waals surface area contributed by atoms with Gasteiger partial charge in [-0.1, -0.05) is 11.3 Å². The van der Waals surface area contributed by atoms with Crippen LogP contribution in [0.1, 0.15) is 35.2 Å². The van der Waals surface area contributed by atoms with Gasteiger partial charge in [-0.05, 0) is 53.1 Å². The Balaban J connectivity index is 1.36. The van der Waals surface area contributed by atoms with E-state index in [0.717, 1.165) is 36.2 Å². The van der Waals surface area contributed by atoms with Crippen molar-refractivity contribution in [1.82, 2.24) is 9.80 Å². The lowest BCUT2D eigenvalue weighted by Gasteiger charge is -2.38. The molecule has 0 radical (unpaired) electrons. The molecule has 2 fully saturated rings. The van der Waals surface area contributed by atoms with E-state index < -0.39 is 4.92 Å². The summed E-state index contributed by atoms with van der Waals surface area (Å²) >= 11 is 2.50. The molecule has 0 atom stereocenters. The molecular formula is C21H23N3O5S2. The van der Waals surface area contributed by atoms with Crippen LogP contribution < -0.4 is 4.74 Å². The maximum atomic E-state index is 13.0. The van der Waals surface area contributed by atoms with Crippen LogP contribution in [-0.4, -0.2) is 59.8 Å². The zero-order valence-corrected chi connectivity index (χ0v) is 18.7. The number of carbonyl (C=O) groups is 2. The van der Waals surface area contributed by atoms with Gasteiger partial charge in [-0.15, -0.1) is 0 Å². The first-order valence-electron chi connectivity index (χ1n) is 10.0. The molecule has 0 aromatic carbocycles. The van der Waals surface area contributed by atoms with Crippen LogP contribution in [0, 0.1) is 15.5 Å². The van der Waals surface area contributed by atoms with Gasteiger partial charge < -0.3 is 14.5 Å². The summed E-state index contributed by atoms with van der Waals surface area (Å²) in [5.41, 5.74) is 1.28. The second-order valence-electron chi connectivity index (χ2n) is 7.94. The normalized spacial score (nSPS) is 18.1. The monoisotopic (exact) mass is 461 g/mol. The van der Waals surface area contributed by atoms with Crippen LogP contribution in [0.15, 0.2) is 28.3 Å². The highest BCUT2D eigenvalue weighted by atomic mass is 32.1. The molecule has 2 aromatic rings. The largest absolute Gasteiger partial charge is 0.489 e. The third-order valence-corrected chi connectivity index (χ3v) is 7.76. The van der Waals surface area contributed by atoms with E-state index in [2.05, 4.69) is 0 Å². The van der Waals surface area contributed by atoms with E-state index in [1.807, 2.05) is 27.8 Å². The number of piperidine rings is 1. The molecule has 2 aliphatic heterocycles. The first-order valence-corrected chi connectivity index (χ1v) is 11.8. The molecule has 8 nitrogen and oxygen atoms in total. The maximum absolute atomic E-state index is 13.0. The average Bonchev–Trinajstić information content (AvgIpc) is 3.51. The molecule has 2 saturated heterocycles. The van der Waals surface area contributed by atoms with Crippen molar-refractivity contribution in [2.24, 2.45) is 5.41 Å². The number of methoxy groups -OCH3 is 1. The Labute approximate surface area is 187 Å². The molecule has 1 spiro atoms. The van der Waals surface area contributed by atoms with Crippen molar-refractivity contribution in [2.75, 3.05) is 33.3 Å². The van der Waals surface area contributed by atoms with Crippen molar-refractivity contribution in [1.29, 1.82) is 0 Å². The van der Waals surface area contributed by atoms with E-state index in [1.165, 1.54) is 12.5 Å². The molecule has 4 rings (SSSR count). The van der Waals surface area contributed by atoms with Gasteiger partial charge >= 0.3 is 5.00 Å². The molecule has 31 heavy (non-hydrogen) atoms. The van der Waals surface area contributed by atoms with E-state index in [-0.39, 0.29) is 33.5 Å². The average molecular weight is 462 g/mol. The number of nitro groups is 1. The van der Waals surface area contributed by atoms with Crippen molar-refractivity contribution in [2.45, 2.75) is 19.3 Å². The van der Waals surface area contributed by atoms with Gasteiger partial charge in [0.1, 0.15) is 0 Å². The Kier molecular flexibility index (Phi) is 6.10. The lowest BCUT2D eigenvalue weighted by Crippen LogP contribution is -2.44. The third kappa shape index (κ3) is 4.35. The predicted octanol–water partition coefficient (Wildman–Crippen LogP) is 3.89. The van der Waals surface area contributed by atoms with Gasteiger partial charge in [-0.25, -0.2) is 0 Å². The van der Waals surface area contributed by atoms with Crippen molar-refractivity contribution >= 4 is 45.6 Å². The van der Waals surface area contributed by atoms with Gasteiger partial charge in [-0.3, -0.25) is 19.7 Å². The SMILES string of the molecule is COc1c(C(=O)N2CCC3(CCN(C(=O)/C=C/c4ccsc4)CC3)C2)csc1[N+](=O)[O-]. The summed E-state index contributed by atoms with van der Waals surface area (Å²) in [6.45, 7) is 2.55. The van der Waals surface area contributed by atoms with Crippen LogP contribution in [0.2, 0.25) is 0 Å². The van der Waals surface area contributed by atoms with Gasteiger partial charge in [0, 0.05) is 37.6 Å². The third-order valence-electron chi connectivity index (χ3n) is 6.15. The quantitative estimate of drug-likeness (QED) is 0.383. The predicted molar refractivity (Wildman–Crippen MR) is 120 cm³/mol. The van der Waals surface area contributed by atoms with E-state index in [1.54, 1.807) is 22.3 Å². The fourth-order valence-electron chi connectivity index (χ4n) is 4.34. The first kappa shape index (κ1) is 21.5. The van der Waals surface area contributed by atoms with Crippen molar-refractivity contribution in [3.05, 3.63) is 49.5 Å². The highest BCUT2D eigenvalue weighted by molar-refractivity contribution is 7.14. The molecular weight excluding hydrogens is 438 g/mol. The zero-order valence-electron chi connectivity index (χ0n) is 17.1. The Bertz CT molecular complexity index is 1010. The molecule has 2 amide bonds. The Morgan fingerprint density at radius 1 is 1.19 bits per heavy atom. The summed E-state index contributed by atoms with van der Waals surface area (Å²) in [5.74, 6) is -0.170. The second kappa shape index (κ2) is 8.80. The van der Waals surface area contributed by atoms with Gasteiger partial charge in [0.05, 0.1) is 17.6 Å². The number of thiophene rings is 2. The number of likely N-dealkylation sites (tertiary alicyclic amines) is 2. The minimum Gasteiger partial charge on any atom is -0.489 e. The lowest BCUT2D eigenvalue weighted by molar-refractivity contribution is -0.381. The summed E-state index contributed by atoms with van der Waals surface area (Å²) in [5, 5.41) is 16.5. The summed E-state index contributed by atoms with van der Waals surface area (Å²) in [7, 11) is 1.34. The molecule has 0 aliphatic carbocycles. The molecule has 0 unspecified atom stereocenters. The lowest BCUT2D eigenvalue weighted by atomic mass is 9.78. The second-order valence-corrected chi connectivity index (χ2v) is 9.58. The summed E-state index contributed by atoms with van der Waals surface area (Å²) in [6.07, 6.45) is 6.03. The van der Waals surface area contributed by atoms with Crippen LogP contribution in [-0.2, 0) is 4.79 Å². The number of amides is 2. The van der Waals surface area contributed by atoms with Crippen LogP contribution in [0.25, 0.3) is 6.08 Å². The summed E-state index contributed by atoms with van der Waals surface area (Å²) < 4.78 is 5.16. The Hall–Kier alpha value is -2.72. The number of ether oxygens (including phenoxy) is 1. The molecule has 0 bridgehead atoms. The van der Waals surface area contributed by atoms with Gasteiger partial charge in [-0.2, -0.15) is 11.3 Å². The van der Waals surface area contributed by atoms with Crippen molar-refractivity contribution in [3.8, 4) is 5.75 Å². The van der Waals surface area contributed by atoms with Crippen molar-refractivity contribution < 1.29 is 19.2 Å². The molecule has 0 saturated carbocycles. The number of nitrogens with zero attached hydrogens (tertiary/aromatic N) is 3. The van der Waals surface area contributed by atoms with Crippen LogP contribution in [0.3, 0.4) is 0 Å². The smallest absolute Gasteiger partial charge is 0.366 e. The molecule has 2 aliphatic rings. The van der Waals surface area contributed by atoms with E-state index in [9.17, 15) is 19.7 Å².